The number of carbonyl (C=O) groups is 1. The van der Waals surface area contributed by atoms with Crippen LogP contribution in [0.3, 0.4) is 0 Å². The zero-order valence-corrected chi connectivity index (χ0v) is 12.1. The van der Waals surface area contributed by atoms with Crippen LogP contribution in [0.2, 0.25) is 0 Å². The number of rotatable bonds is 4. The molecule has 0 aliphatic rings. The molecule has 0 fully saturated rings. The molecule has 2 N–H and O–H groups in total. The molecular weight excluding hydrogens is 294 g/mol. The molecule has 0 aromatic carbocycles. The molecule has 0 spiro atoms. The molecule has 0 atom stereocenters. The molecule has 0 saturated heterocycles. The number of nitrogens with one attached hydrogen (secondary N) is 2. The summed E-state index contributed by atoms with van der Waals surface area (Å²) < 4.78 is 7.03. The molecule has 0 radical (unpaired) electrons. The highest BCUT2D eigenvalue weighted by Gasteiger charge is 2.13. The summed E-state index contributed by atoms with van der Waals surface area (Å²) in [4.78, 5) is 12.2. The smallest absolute Gasteiger partial charge is 0.272 e. The van der Waals surface area contributed by atoms with Crippen molar-refractivity contribution in [1.82, 2.24) is 25.1 Å². The summed E-state index contributed by atoms with van der Waals surface area (Å²) in [7, 11) is 0. The van der Waals surface area contributed by atoms with Crippen molar-refractivity contribution < 1.29 is 9.21 Å². The number of amides is 1. The zero-order chi connectivity index (χ0) is 15.6. The quantitative estimate of drug-likeness (QED) is 0.605. The molecular formula is C16H13N5O2. The van der Waals surface area contributed by atoms with E-state index >= 15 is 0 Å². The maximum absolute atomic E-state index is 12.2. The van der Waals surface area contributed by atoms with Crippen LogP contribution < -0.4 is 5.32 Å². The van der Waals surface area contributed by atoms with Gasteiger partial charge in [0.15, 0.2) is 11.5 Å². The fourth-order valence-electron chi connectivity index (χ4n) is 2.33. The molecule has 0 unspecified atom stereocenters. The van der Waals surface area contributed by atoms with Crippen LogP contribution in [0.5, 0.6) is 0 Å². The number of hydrogen-bond donors (Lipinski definition) is 2. The van der Waals surface area contributed by atoms with Gasteiger partial charge in [0, 0.05) is 12.3 Å². The summed E-state index contributed by atoms with van der Waals surface area (Å²) in [5, 5.41) is 14.0. The molecule has 0 bridgehead atoms. The highest BCUT2D eigenvalue weighted by Crippen LogP contribution is 2.17. The van der Waals surface area contributed by atoms with Crippen LogP contribution >= 0.6 is 0 Å². The summed E-state index contributed by atoms with van der Waals surface area (Å²) >= 11 is 0. The lowest BCUT2D eigenvalue weighted by molar-refractivity contribution is 0.0945. The molecule has 0 saturated carbocycles. The Labute approximate surface area is 130 Å². The Morgan fingerprint density at radius 3 is 3.04 bits per heavy atom. The van der Waals surface area contributed by atoms with Gasteiger partial charge in [-0.1, -0.05) is 6.07 Å². The number of furan rings is 1. The van der Waals surface area contributed by atoms with Crippen LogP contribution in [0.15, 0.2) is 59.3 Å². The first-order valence-corrected chi connectivity index (χ1v) is 7.10. The Hall–Kier alpha value is -3.35. The van der Waals surface area contributed by atoms with E-state index in [4.69, 9.17) is 4.42 Å². The third-order valence-electron chi connectivity index (χ3n) is 3.45. The minimum absolute atomic E-state index is 0.267. The Kier molecular flexibility index (Phi) is 3.16. The Bertz CT molecular complexity index is 919. The number of H-pyrrole nitrogens is 1. The highest BCUT2D eigenvalue weighted by molar-refractivity contribution is 5.93. The summed E-state index contributed by atoms with van der Waals surface area (Å²) in [6.07, 6.45) is 3.43. The fourth-order valence-corrected chi connectivity index (χ4v) is 2.33. The van der Waals surface area contributed by atoms with E-state index in [1.165, 1.54) is 0 Å². The normalized spacial score (nSPS) is 11.0. The molecule has 7 heteroatoms. The lowest BCUT2D eigenvalue weighted by Crippen LogP contribution is -2.23. The van der Waals surface area contributed by atoms with Gasteiger partial charge in [-0.05, 0) is 30.3 Å². The molecule has 23 heavy (non-hydrogen) atoms. The Balaban J connectivity index is 1.45. The first kappa shape index (κ1) is 13.3. The highest BCUT2D eigenvalue weighted by atomic mass is 16.3. The number of aromatic nitrogens is 4. The maximum Gasteiger partial charge on any atom is 0.272 e. The predicted molar refractivity (Wildman–Crippen MR) is 82.7 cm³/mol. The van der Waals surface area contributed by atoms with E-state index in [0.29, 0.717) is 23.7 Å². The van der Waals surface area contributed by atoms with Gasteiger partial charge in [0.05, 0.1) is 24.0 Å². The van der Waals surface area contributed by atoms with E-state index in [1.807, 2.05) is 30.5 Å². The standard InChI is InChI=1S/C16H13N5O2/c22-16(14-9-13(18-19-14)15-5-3-7-23-15)17-10-11-8-12-4-1-2-6-21(12)20-11/h1-9H,10H2,(H,17,22)(H,18,19). The number of hydrogen-bond acceptors (Lipinski definition) is 4. The zero-order valence-electron chi connectivity index (χ0n) is 12.1. The van der Waals surface area contributed by atoms with Crippen molar-refractivity contribution >= 4 is 11.4 Å². The van der Waals surface area contributed by atoms with Crippen molar-refractivity contribution in [3.05, 3.63) is 66.3 Å². The van der Waals surface area contributed by atoms with Gasteiger partial charge >= 0.3 is 0 Å². The van der Waals surface area contributed by atoms with Crippen molar-refractivity contribution in [2.75, 3.05) is 0 Å². The third kappa shape index (κ3) is 2.59. The minimum atomic E-state index is -0.267. The van der Waals surface area contributed by atoms with Crippen LogP contribution in [-0.2, 0) is 6.54 Å². The molecule has 0 aliphatic heterocycles. The monoisotopic (exact) mass is 307 g/mol. The topological polar surface area (TPSA) is 88.2 Å². The van der Waals surface area contributed by atoms with E-state index in [0.717, 1.165) is 11.2 Å². The van der Waals surface area contributed by atoms with Crippen LogP contribution in [0.1, 0.15) is 16.2 Å². The lowest BCUT2D eigenvalue weighted by Gasteiger charge is -1.99. The first-order chi connectivity index (χ1) is 11.3. The van der Waals surface area contributed by atoms with Gasteiger partial charge in [-0.15, -0.1) is 0 Å². The average Bonchev–Trinajstić information content (AvgIpc) is 3.31. The third-order valence-corrected chi connectivity index (χ3v) is 3.45. The van der Waals surface area contributed by atoms with E-state index in [-0.39, 0.29) is 5.91 Å². The van der Waals surface area contributed by atoms with Gasteiger partial charge in [-0.2, -0.15) is 10.2 Å². The van der Waals surface area contributed by atoms with Crippen LogP contribution in [-0.4, -0.2) is 25.7 Å². The van der Waals surface area contributed by atoms with Crippen molar-refractivity contribution in [3.8, 4) is 11.5 Å². The van der Waals surface area contributed by atoms with Gasteiger partial charge in [0.2, 0.25) is 0 Å². The first-order valence-electron chi connectivity index (χ1n) is 7.10. The lowest BCUT2D eigenvalue weighted by atomic mass is 10.3. The van der Waals surface area contributed by atoms with Gasteiger partial charge in [0.1, 0.15) is 5.69 Å². The van der Waals surface area contributed by atoms with Crippen LogP contribution in [0, 0.1) is 0 Å². The molecule has 4 aromatic rings. The van der Waals surface area contributed by atoms with E-state index < -0.39 is 0 Å². The predicted octanol–water partition coefficient (Wildman–Crippen LogP) is 2.25. The second-order valence-electron chi connectivity index (χ2n) is 5.03. The van der Waals surface area contributed by atoms with Crippen molar-refractivity contribution in [1.29, 1.82) is 0 Å². The molecule has 4 aromatic heterocycles. The molecule has 1 amide bonds. The summed E-state index contributed by atoms with van der Waals surface area (Å²) in [5.41, 5.74) is 2.73. The van der Waals surface area contributed by atoms with Crippen molar-refractivity contribution in [3.63, 3.8) is 0 Å². The van der Waals surface area contributed by atoms with E-state index in [2.05, 4.69) is 20.6 Å². The molecule has 114 valence electrons. The van der Waals surface area contributed by atoms with Crippen LogP contribution in [0.4, 0.5) is 0 Å². The van der Waals surface area contributed by atoms with Gasteiger partial charge in [-0.3, -0.25) is 9.89 Å². The molecule has 7 nitrogen and oxygen atoms in total. The summed E-state index contributed by atoms with van der Waals surface area (Å²) in [6, 6.07) is 13.0. The number of aromatic amines is 1. The van der Waals surface area contributed by atoms with Gasteiger partial charge in [-0.25, -0.2) is 4.52 Å². The second-order valence-corrected chi connectivity index (χ2v) is 5.03. The Morgan fingerprint density at radius 1 is 1.26 bits per heavy atom. The number of fused-ring (bicyclic) bond motifs is 1. The van der Waals surface area contributed by atoms with Crippen molar-refractivity contribution in [2.45, 2.75) is 6.54 Å². The minimum Gasteiger partial charge on any atom is -0.463 e. The molecule has 0 aliphatic carbocycles. The average molecular weight is 307 g/mol. The van der Waals surface area contributed by atoms with Crippen LogP contribution in [0.25, 0.3) is 17.0 Å². The van der Waals surface area contributed by atoms with E-state index in [9.17, 15) is 4.79 Å². The summed E-state index contributed by atoms with van der Waals surface area (Å²) in [5.74, 6) is 0.369. The number of pyridine rings is 1. The van der Waals surface area contributed by atoms with Gasteiger partial charge < -0.3 is 9.73 Å². The number of nitrogens with zero attached hydrogens (tertiary/aromatic N) is 3. The fraction of sp³-hybridized carbons (Fsp3) is 0.0625. The second kappa shape index (κ2) is 5.45. The van der Waals surface area contributed by atoms with Gasteiger partial charge in [0.25, 0.3) is 5.91 Å². The molecule has 4 heterocycles. The van der Waals surface area contributed by atoms with E-state index in [1.54, 1.807) is 29.0 Å². The Morgan fingerprint density at radius 2 is 2.22 bits per heavy atom. The largest absolute Gasteiger partial charge is 0.463 e. The maximum atomic E-state index is 12.2. The molecule has 4 rings (SSSR count). The summed E-state index contributed by atoms with van der Waals surface area (Å²) in [6.45, 7) is 0.337. The number of carbonyl (C=O) groups excluding carboxylic acids is 1. The SMILES string of the molecule is O=C(NCc1cc2ccccn2n1)c1cc(-c2ccco2)[nH]n1. The van der Waals surface area contributed by atoms with Crippen molar-refractivity contribution in [2.24, 2.45) is 0 Å².